The molecule has 2 atom stereocenters. The van der Waals surface area contributed by atoms with Crippen molar-refractivity contribution in [2.75, 3.05) is 17.2 Å². The number of nitrogens with zero attached hydrogens (tertiary/aromatic N) is 3. The lowest BCUT2D eigenvalue weighted by Crippen LogP contribution is -2.37. The largest absolute Gasteiger partial charge is 0.394 e. The Kier molecular flexibility index (Phi) is 4.11. The van der Waals surface area contributed by atoms with Crippen LogP contribution in [0.25, 0.3) is 0 Å². The molecule has 1 aliphatic rings. The van der Waals surface area contributed by atoms with E-state index in [0.29, 0.717) is 6.04 Å². The molecule has 102 valence electrons. The van der Waals surface area contributed by atoms with Crippen LogP contribution >= 0.6 is 0 Å². The first-order valence-electron chi connectivity index (χ1n) is 6.81. The van der Waals surface area contributed by atoms with Crippen LogP contribution in [0.4, 0.5) is 11.5 Å². The average Bonchev–Trinajstić information content (AvgIpc) is 2.50. The molecule has 0 spiro atoms. The van der Waals surface area contributed by atoms with Crippen molar-refractivity contribution in [2.45, 2.75) is 51.2 Å². The summed E-state index contributed by atoms with van der Waals surface area (Å²) in [5.41, 5.74) is 6.76. The van der Waals surface area contributed by atoms with E-state index in [4.69, 9.17) is 5.73 Å². The van der Waals surface area contributed by atoms with Gasteiger partial charge >= 0.3 is 0 Å². The van der Waals surface area contributed by atoms with E-state index >= 15 is 0 Å². The van der Waals surface area contributed by atoms with Crippen molar-refractivity contribution in [1.82, 2.24) is 9.78 Å². The van der Waals surface area contributed by atoms with Crippen molar-refractivity contribution in [3.63, 3.8) is 0 Å². The maximum absolute atomic E-state index is 9.65. The minimum Gasteiger partial charge on any atom is -0.394 e. The standard InChI is InChI=1S/C13H24N4O/c1-10(18)8-11-6-4-3-5-7-17(11)13-12(14)9-16(2)15-13/h9-11,18H,3-8,14H2,1-2H3. The third-order valence-electron chi connectivity index (χ3n) is 3.60. The van der Waals surface area contributed by atoms with Crippen LogP contribution in [0.3, 0.4) is 0 Å². The summed E-state index contributed by atoms with van der Waals surface area (Å²) in [5, 5.41) is 14.1. The molecule has 0 saturated carbocycles. The highest BCUT2D eigenvalue weighted by atomic mass is 16.3. The highest BCUT2D eigenvalue weighted by Gasteiger charge is 2.25. The summed E-state index contributed by atoms with van der Waals surface area (Å²) < 4.78 is 1.76. The van der Waals surface area contributed by atoms with Crippen molar-refractivity contribution in [3.05, 3.63) is 6.20 Å². The lowest BCUT2D eigenvalue weighted by atomic mass is 10.0. The molecule has 0 aliphatic carbocycles. The van der Waals surface area contributed by atoms with Crippen LogP contribution in [0.1, 0.15) is 39.0 Å². The van der Waals surface area contributed by atoms with Gasteiger partial charge in [0.05, 0.1) is 11.8 Å². The molecule has 5 nitrogen and oxygen atoms in total. The summed E-state index contributed by atoms with van der Waals surface area (Å²) in [4.78, 5) is 2.29. The Labute approximate surface area is 109 Å². The van der Waals surface area contributed by atoms with Gasteiger partial charge in [0.15, 0.2) is 5.82 Å². The van der Waals surface area contributed by atoms with E-state index in [2.05, 4.69) is 10.00 Å². The number of aromatic nitrogens is 2. The summed E-state index contributed by atoms with van der Waals surface area (Å²) in [7, 11) is 1.89. The van der Waals surface area contributed by atoms with Crippen LogP contribution in [0.15, 0.2) is 6.20 Å². The van der Waals surface area contributed by atoms with Crippen LogP contribution in [-0.4, -0.2) is 33.6 Å². The topological polar surface area (TPSA) is 67.3 Å². The van der Waals surface area contributed by atoms with Crippen molar-refractivity contribution < 1.29 is 5.11 Å². The van der Waals surface area contributed by atoms with Gasteiger partial charge in [0.2, 0.25) is 0 Å². The van der Waals surface area contributed by atoms with E-state index in [1.54, 1.807) is 4.68 Å². The third kappa shape index (κ3) is 2.96. The lowest BCUT2D eigenvalue weighted by molar-refractivity contribution is 0.171. The fraction of sp³-hybridized carbons (Fsp3) is 0.769. The summed E-state index contributed by atoms with van der Waals surface area (Å²) in [5.74, 6) is 0.880. The molecular formula is C13H24N4O. The Morgan fingerprint density at radius 3 is 2.89 bits per heavy atom. The molecule has 0 amide bonds. The van der Waals surface area contributed by atoms with E-state index in [-0.39, 0.29) is 6.10 Å². The van der Waals surface area contributed by atoms with Gasteiger partial charge in [-0.2, -0.15) is 5.10 Å². The molecule has 5 heteroatoms. The van der Waals surface area contributed by atoms with Gasteiger partial charge in [-0.05, 0) is 26.2 Å². The number of aliphatic hydroxyl groups is 1. The van der Waals surface area contributed by atoms with Crippen LogP contribution in [0.2, 0.25) is 0 Å². The van der Waals surface area contributed by atoms with E-state index < -0.39 is 0 Å². The van der Waals surface area contributed by atoms with Gasteiger partial charge in [0.1, 0.15) is 0 Å². The van der Waals surface area contributed by atoms with Crippen molar-refractivity contribution >= 4 is 11.5 Å². The number of hydrogen-bond donors (Lipinski definition) is 2. The number of nitrogens with two attached hydrogens (primary N) is 1. The quantitative estimate of drug-likeness (QED) is 0.856. The Morgan fingerprint density at radius 2 is 2.28 bits per heavy atom. The number of aryl methyl sites for hydroxylation is 1. The summed E-state index contributed by atoms with van der Waals surface area (Å²) >= 11 is 0. The van der Waals surface area contributed by atoms with E-state index in [1.807, 2.05) is 20.2 Å². The average molecular weight is 252 g/mol. The van der Waals surface area contributed by atoms with Gasteiger partial charge in [-0.15, -0.1) is 0 Å². The normalized spacial score (nSPS) is 22.8. The molecule has 0 aromatic carbocycles. The van der Waals surface area contributed by atoms with E-state index in [1.165, 1.54) is 19.3 Å². The van der Waals surface area contributed by atoms with Gasteiger partial charge in [-0.25, -0.2) is 0 Å². The summed E-state index contributed by atoms with van der Waals surface area (Å²) in [6.45, 7) is 2.84. The maximum atomic E-state index is 9.65. The van der Waals surface area contributed by atoms with Gasteiger partial charge in [0.25, 0.3) is 0 Å². The Hall–Kier alpha value is -1.23. The second-order valence-electron chi connectivity index (χ2n) is 5.36. The molecule has 1 aromatic rings. The predicted octanol–water partition coefficient (Wildman–Crippen LogP) is 1.52. The summed E-state index contributed by atoms with van der Waals surface area (Å²) in [6, 6.07) is 0.352. The minimum absolute atomic E-state index is 0.277. The lowest BCUT2D eigenvalue weighted by Gasteiger charge is -2.31. The zero-order valence-electron chi connectivity index (χ0n) is 11.3. The second-order valence-corrected chi connectivity index (χ2v) is 5.36. The number of aliphatic hydroxyl groups excluding tert-OH is 1. The molecular weight excluding hydrogens is 228 g/mol. The zero-order chi connectivity index (χ0) is 13.1. The van der Waals surface area contributed by atoms with Crippen LogP contribution in [0.5, 0.6) is 0 Å². The number of hydrogen-bond acceptors (Lipinski definition) is 4. The first-order chi connectivity index (χ1) is 8.58. The van der Waals surface area contributed by atoms with Crippen LogP contribution < -0.4 is 10.6 Å². The number of anilines is 2. The van der Waals surface area contributed by atoms with E-state index in [0.717, 1.165) is 30.9 Å². The fourth-order valence-corrected chi connectivity index (χ4v) is 2.81. The monoisotopic (exact) mass is 252 g/mol. The number of rotatable bonds is 3. The Bertz CT molecular complexity index is 388. The molecule has 0 bridgehead atoms. The SMILES string of the molecule is CC(O)CC1CCCCCN1c1nn(C)cc1N. The Morgan fingerprint density at radius 1 is 1.50 bits per heavy atom. The second kappa shape index (κ2) is 5.61. The Balaban J connectivity index is 2.22. The molecule has 2 heterocycles. The van der Waals surface area contributed by atoms with Crippen molar-refractivity contribution in [3.8, 4) is 0 Å². The van der Waals surface area contributed by atoms with Crippen LogP contribution in [0, 0.1) is 0 Å². The molecule has 18 heavy (non-hydrogen) atoms. The van der Waals surface area contributed by atoms with Gasteiger partial charge in [-0.3, -0.25) is 4.68 Å². The third-order valence-corrected chi connectivity index (χ3v) is 3.60. The van der Waals surface area contributed by atoms with Crippen molar-refractivity contribution in [2.24, 2.45) is 7.05 Å². The molecule has 1 saturated heterocycles. The minimum atomic E-state index is -0.277. The van der Waals surface area contributed by atoms with Gasteiger partial charge in [-0.1, -0.05) is 12.8 Å². The van der Waals surface area contributed by atoms with Gasteiger partial charge in [0, 0.05) is 25.8 Å². The molecule has 3 N–H and O–H groups in total. The molecule has 1 aromatic heterocycles. The molecule has 2 rings (SSSR count). The smallest absolute Gasteiger partial charge is 0.174 e. The molecule has 0 radical (unpaired) electrons. The summed E-state index contributed by atoms with van der Waals surface area (Å²) in [6.07, 6.45) is 7.11. The van der Waals surface area contributed by atoms with Crippen LogP contribution in [-0.2, 0) is 7.05 Å². The number of nitrogen functional groups attached to an aromatic ring is 1. The van der Waals surface area contributed by atoms with Gasteiger partial charge < -0.3 is 15.7 Å². The molecule has 1 aliphatic heterocycles. The predicted molar refractivity (Wildman–Crippen MR) is 73.5 cm³/mol. The molecule has 1 fully saturated rings. The van der Waals surface area contributed by atoms with Crippen molar-refractivity contribution in [1.29, 1.82) is 0 Å². The van der Waals surface area contributed by atoms with E-state index in [9.17, 15) is 5.11 Å². The molecule has 2 unspecified atom stereocenters. The highest BCUT2D eigenvalue weighted by Crippen LogP contribution is 2.29. The highest BCUT2D eigenvalue weighted by molar-refractivity contribution is 5.62. The maximum Gasteiger partial charge on any atom is 0.174 e. The first kappa shape index (κ1) is 13.2. The fourth-order valence-electron chi connectivity index (χ4n) is 2.81. The first-order valence-corrected chi connectivity index (χ1v) is 6.81. The zero-order valence-corrected chi connectivity index (χ0v) is 11.3.